The summed E-state index contributed by atoms with van der Waals surface area (Å²) in [7, 11) is 0. The van der Waals surface area contributed by atoms with E-state index in [0.717, 1.165) is 32.8 Å². The third-order valence-electron chi connectivity index (χ3n) is 3.97. The van der Waals surface area contributed by atoms with Crippen molar-refractivity contribution in [1.29, 1.82) is 0 Å². The molecule has 0 bridgehead atoms. The molecule has 1 N–H and O–H groups in total. The van der Waals surface area contributed by atoms with Crippen LogP contribution in [0.4, 0.5) is 11.5 Å². The molecule has 0 unspecified atom stereocenters. The Morgan fingerprint density at radius 1 is 1.04 bits per heavy atom. The highest BCUT2D eigenvalue weighted by atomic mass is 35.5. The molecule has 0 amide bonds. The van der Waals surface area contributed by atoms with E-state index in [-0.39, 0.29) is 0 Å². The number of thiophene rings is 1. The molecule has 0 aliphatic heterocycles. The molecule has 136 valence electrons. The van der Waals surface area contributed by atoms with Gasteiger partial charge in [0.2, 0.25) is 0 Å². The number of nitrogens with one attached hydrogen (secondary N) is 1. The van der Waals surface area contributed by atoms with E-state index in [1.807, 2.05) is 43.3 Å². The van der Waals surface area contributed by atoms with Crippen LogP contribution in [0.15, 0.2) is 54.2 Å². The quantitative estimate of drug-likeness (QED) is 0.388. The number of rotatable bonds is 5. The minimum Gasteiger partial charge on any atom is -0.494 e. The maximum Gasteiger partial charge on any atom is 0.143 e. The fourth-order valence-corrected chi connectivity index (χ4v) is 4.28. The minimum absolute atomic E-state index is 0.562. The molecule has 4 aromatic rings. The second-order valence-electron chi connectivity index (χ2n) is 5.79. The third-order valence-corrected chi connectivity index (χ3v) is 5.29. The molecule has 2 aromatic heterocycles. The van der Waals surface area contributed by atoms with E-state index in [1.165, 1.54) is 0 Å². The van der Waals surface area contributed by atoms with Gasteiger partial charge in [-0.25, -0.2) is 9.97 Å². The molecule has 0 fully saturated rings. The standard InChI is InChI=1S/C20H15Cl2N3OS/c1-2-26-16-5-3-12(4-6-16)17-10-27-20-18(17)19(23-11-24-20)25-15-8-13(21)7-14(22)9-15/h3-11H,2H2,1H3,(H,23,24,25). The van der Waals surface area contributed by atoms with Crippen molar-refractivity contribution in [2.75, 3.05) is 11.9 Å². The summed E-state index contributed by atoms with van der Waals surface area (Å²) in [5.41, 5.74) is 2.91. The van der Waals surface area contributed by atoms with Crippen molar-refractivity contribution in [3.05, 3.63) is 64.2 Å². The Morgan fingerprint density at radius 2 is 1.78 bits per heavy atom. The molecule has 0 saturated carbocycles. The fraction of sp³-hybridized carbons (Fsp3) is 0.100. The van der Waals surface area contributed by atoms with Crippen molar-refractivity contribution < 1.29 is 4.74 Å². The third kappa shape index (κ3) is 3.86. The number of halogens is 2. The summed E-state index contributed by atoms with van der Waals surface area (Å²) in [5.74, 6) is 1.56. The highest BCUT2D eigenvalue weighted by molar-refractivity contribution is 7.17. The molecule has 7 heteroatoms. The number of anilines is 2. The highest BCUT2D eigenvalue weighted by Gasteiger charge is 2.14. The molecule has 0 atom stereocenters. The number of ether oxygens (including phenoxy) is 1. The zero-order chi connectivity index (χ0) is 18.8. The zero-order valence-corrected chi connectivity index (χ0v) is 16.7. The van der Waals surface area contributed by atoms with E-state index >= 15 is 0 Å². The number of nitrogens with zero attached hydrogens (tertiary/aromatic N) is 2. The first-order valence-electron chi connectivity index (χ1n) is 8.32. The summed E-state index contributed by atoms with van der Waals surface area (Å²) in [4.78, 5) is 9.75. The van der Waals surface area contributed by atoms with E-state index in [2.05, 4.69) is 20.7 Å². The van der Waals surface area contributed by atoms with Crippen LogP contribution in [-0.4, -0.2) is 16.6 Å². The van der Waals surface area contributed by atoms with Gasteiger partial charge in [0.05, 0.1) is 12.0 Å². The Bertz CT molecular complexity index is 1080. The van der Waals surface area contributed by atoms with E-state index in [9.17, 15) is 0 Å². The summed E-state index contributed by atoms with van der Waals surface area (Å²) in [6.45, 7) is 2.61. The lowest BCUT2D eigenvalue weighted by Crippen LogP contribution is -1.96. The lowest BCUT2D eigenvalue weighted by Gasteiger charge is -2.10. The number of fused-ring (bicyclic) bond motifs is 1. The van der Waals surface area contributed by atoms with Crippen molar-refractivity contribution >= 4 is 56.3 Å². The molecule has 0 saturated heterocycles. The highest BCUT2D eigenvalue weighted by Crippen LogP contribution is 2.38. The van der Waals surface area contributed by atoms with E-state index in [1.54, 1.807) is 23.7 Å². The van der Waals surface area contributed by atoms with Gasteiger partial charge < -0.3 is 10.1 Å². The van der Waals surface area contributed by atoms with E-state index < -0.39 is 0 Å². The second-order valence-corrected chi connectivity index (χ2v) is 7.52. The van der Waals surface area contributed by atoms with Crippen molar-refractivity contribution in [2.24, 2.45) is 0 Å². The average molecular weight is 416 g/mol. The maximum absolute atomic E-state index is 6.11. The molecule has 0 aliphatic carbocycles. The van der Waals surface area contributed by atoms with Gasteiger partial charge in [-0.05, 0) is 42.8 Å². The molecule has 4 rings (SSSR count). The topological polar surface area (TPSA) is 47.0 Å². The van der Waals surface area contributed by atoms with Crippen LogP contribution in [0.25, 0.3) is 21.3 Å². The van der Waals surface area contributed by atoms with Crippen LogP contribution in [0.2, 0.25) is 10.0 Å². The second kappa shape index (κ2) is 7.72. The van der Waals surface area contributed by atoms with Crippen molar-refractivity contribution in [3.8, 4) is 16.9 Å². The van der Waals surface area contributed by atoms with Crippen LogP contribution >= 0.6 is 34.5 Å². The lowest BCUT2D eigenvalue weighted by molar-refractivity contribution is 0.340. The normalized spacial score (nSPS) is 10.9. The van der Waals surface area contributed by atoms with E-state index in [0.29, 0.717) is 22.5 Å². The number of aromatic nitrogens is 2. The van der Waals surface area contributed by atoms with Gasteiger partial charge in [-0.15, -0.1) is 11.3 Å². The molecule has 0 radical (unpaired) electrons. The molecule has 0 aliphatic rings. The SMILES string of the molecule is CCOc1ccc(-c2csc3ncnc(Nc4cc(Cl)cc(Cl)c4)c23)cc1. The van der Waals surface area contributed by atoms with Crippen molar-refractivity contribution in [1.82, 2.24) is 9.97 Å². The Morgan fingerprint density at radius 3 is 2.48 bits per heavy atom. The van der Waals surface area contributed by atoms with Gasteiger partial charge in [0.15, 0.2) is 0 Å². The Kier molecular flexibility index (Phi) is 5.16. The first-order chi connectivity index (χ1) is 13.1. The smallest absolute Gasteiger partial charge is 0.143 e. The first-order valence-corrected chi connectivity index (χ1v) is 9.96. The number of benzene rings is 2. The molecule has 4 nitrogen and oxygen atoms in total. The minimum atomic E-state index is 0.562. The van der Waals surface area contributed by atoms with Crippen LogP contribution in [0, 0.1) is 0 Å². The summed E-state index contributed by atoms with van der Waals surface area (Å²) in [5, 5.41) is 7.49. The van der Waals surface area contributed by atoms with Gasteiger partial charge in [-0.2, -0.15) is 0 Å². The number of hydrogen-bond acceptors (Lipinski definition) is 5. The predicted molar refractivity (Wildman–Crippen MR) is 114 cm³/mol. The Hall–Kier alpha value is -2.34. The van der Waals surface area contributed by atoms with Gasteiger partial charge in [-0.3, -0.25) is 0 Å². The van der Waals surface area contributed by atoms with Crippen molar-refractivity contribution in [2.45, 2.75) is 6.92 Å². The van der Waals surface area contributed by atoms with Gasteiger partial charge in [0.1, 0.15) is 22.7 Å². The maximum atomic E-state index is 6.11. The molecular formula is C20H15Cl2N3OS. The van der Waals surface area contributed by atoms with E-state index in [4.69, 9.17) is 27.9 Å². The summed E-state index contributed by atoms with van der Waals surface area (Å²) < 4.78 is 5.53. The average Bonchev–Trinajstić information content (AvgIpc) is 3.07. The largest absolute Gasteiger partial charge is 0.494 e. The molecule has 27 heavy (non-hydrogen) atoms. The summed E-state index contributed by atoms with van der Waals surface area (Å²) in [6.07, 6.45) is 1.55. The fourth-order valence-electron chi connectivity index (χ4n) is 2.84. The molecule has 2 heterocycles. The monoisotopic (exact) mass is 415 g/mol. The summed E-state index contributed by atoms with van der Waals surface area (Å²) in [6, 6.07) is 13.3. The Balaban J connectivity index is 1.77. The number of hydrogen-bond donors (Lipinski definition) is 1. The zero-order valence-electron chi connectivity index (χ0n) is 14.4. The predicted octanol–water partition coefficient (Wildman–Crippen LogP) is 6.81. The Labute approximate surface area is 170 Å². The van der Waals surface area contributed by atoms with Crippen LogP contribution < -0.4 is 10.1 Å². The molecule has 0 spiro atoms. The van der Waals surface area contributed by atoms with Crippen LogP contribution in [0.3, 0.4) is 0 Å². The van der Waals surface area contributed by atoms with Gasteiger partial charge in [-0.1, -0.05) is 35.3 Å². The first kappa shape index (κ1) is 18.0. The van der Waals surface area contributed by atoms with Gasteiger partial charge in [0, 0.05) is 26.7 Å². The van der Waals surface area contributed by atoms with Gasteiger partial charge in [0.25, 0.3) is 0 Å². The summed E-state index contributed by atoms with van der Waals surface area (Å²) >= 11 is 13.8. The van der Waals surface area contributed by atoms with Crippen molar-refractivity contribution in [3.63, 3.8) is 0 Å². The van der Waals surface area contributed by atoms with Gasteiger partial charge >= 0.3 is 0 Å². The lowest BCUT2D eigenvalue weighted by atomic mass is 10.1. The van der Waals surface area contributed by atoms with Crippen LogP contribution in [0.1, 0.15) is 6.92 Å². The van der Waals surface area contributed by atoms with Crippen LogP contribution in [-0.2, 0) is 0 Å². The molecular weight excluding hydrogens is 401 g/mol. The van der Waals surface area contributed by atoms with Crippen LogP contribution in [0.5, 0.6) is 5.75 Å². The molecule has 2 aromatic carbocycles.